The summed E-state index contributed by atoms with van der Waals surface area (Å²) >= 11 is 6.05. The smallest absolute Gasteiger partial charge is 0.227 e. The van der Waals surface area contributed by atoms with Crippen LogP contribution in [0.1, 0.15) is 25.3 Å². The Balaban J connectivity index is 2.16. The van der Waals surface area contributed by atoms with E-state index >= 15 is 0 Å². The quantitative estimate of drug-likeness (QED) is 0.876. The lowest BCUT2D eigenvalue weighted by atomic mass is 10.1. The van der Waals surface area contributed by atoms with Crippen LogP contribution in [0.5, 0.6) is 0 Å². The summed E-state index contributed by atoms with van der Waals surface area (Å²) in [5, 5.41) is 3.38. The van der Waals surface area contributed by atoms with Crippen LogP contribution in [-0.4, -0.2) is 30.4 Å². The summed E-state index contributed by atoms with van der Waals surface area (Å²) in [6, 6.07) is 4.85. The lowest BCUT2D eigenvalue weighted by Crippen LogP contribution is -2.39. The molecule has 1 aliphatic rings. The Bertz CT molecular complexity index is 471. The second kappa shape index (κ2) is 6.55. The highest BCUT2D eigenvalue weighted by Crippen LogP contribution is 2.31. The van der Waals surface area contributed by atoms with Crippen LogP contribution in [0.3, 0.4) is 0 Å². The number of carbonyl (C=O) groups excluding carboxylic acids is 1. The average molecular weight is 299 g/mol. The number of carbonyl (C=O) groups is 1. The molecule has 1 N–H and O–H groups in total. The van der Waals surface area contributed by atoms with Crippen molar-refractivity contribution < 1.29 is 9.18 Å². The maximum absolute atomic E-state index is 13.9. The van der Waals surface area contributed by atoms with Crippen LogP contribution in [-0.2, 0) is 11.3 Å². The lowest BCUT2D eigenvalue weighted by Gasteiger charge is -2.26. The molecule has 0 bridgehead atoms. The highest BCUT2D eigenvalue weighted by atomic mass is 35.5. The number of amides is 1. The summed E-state index contributed by atoms with van der Waals surface area (Å²) in [6.07, 6.45) is 1.98. The van der Waals surface area contributed by atoms with Crippen LogP contribution in [0.4, 0.5) is 4.39 Å². The number of rotatable bonds is 6. The van der Waals surface area contributed by atoms with E-state index in [-0.39, 0.29) is 30.2 Å². The maximum atomic E-state index is 13.9. The Labute approximate surface area is 124 Å². The zero-order chi connectivity index (χ0) is 14.7. The van der Waals surface area contributed by atoms with Gasteiger partial charge in [0, 0.05) is 29.1 Å². The van der Waals surface area contributed by atoms with E-state index in [2.05, 4.69) is 5.32 Å². The topological polar surface area (TPSA) is 32.3 Å². The van der Waals surface area contributed by atoms with Crippen molar-refractivity contribution >= 4 is 17.5 Å². The molecule has 0 heterocycles. The first-order chi connectivity index (χ1) is 9.54. The van der Waals surface area contributed by atoms with E-state index in [4.69, 9.17) is 11.6 Å². The van der Waals surface area contributed by atoms with Crippen molar-refractivity contribution in [1.82, 2.24) is 10.2 Å². The van der Waals surface area contributed by atoms with Gasteiger partial charge in [0.05, 0.1) is 6.54 Å². The molecule has 1 fully saturated rings. The summed E-state index contributed by atoms with van der Waals surface area (Å²) < 4.78 is 13.9. The molecule has 3 nitrogen and oxygen atoms in total. The standard InChI is InChI=1S/C15H20ClFN2O/c1-10(8-18-2)15(20)19(11-6-7-11)9-12-13(16)4-3-5-14(12)17/h3-5,10-11,18H,6-9H2,1-2H3. The molecular weight excluding hydrogens is 279 g/mol. The molecule has 1 saturated carbocycles. The molecular formula is C15H20ClFN2O. The van der Waals surface area contributed by atoms with Gasteiger partial charge >= 0.3 is 0 Å². The molecule has 0 saturated heterocycles. The van der Waals surface area contributed by atoms with E-state index in [0.29, 0.717) is 17.1 Å². The number of hydrogen-bond donors (Lipinski definition) is 1. The van der Waals surface area contributed by atoms with E-state index in [1.54, 1.807) is 17.0 Å². The van der Waals surface area contributed by atoms with Crippen molar-refractivity contribution in [3.8, 4) is 0 Å². The molecule has 110 valence electrons. The minimum absolute atomic E-state index is 0.0566. The zero-order valence-corrected chi connectivity index (χ0v) is 12.6. The molecule has 1 aromatic rings. The number of hydrogen-bond acceptors (Lipinski definition) is 2. The van der Waals surface area contributed by atoms with Gasteiger partial charge in [-0.1, -0.05) is 24.6 Å². The molecule has 0 radical (unpaired) electrons. The van der Waals surface area contributed by atoms with Crippen molar-refractivity contribution in [2.45, 2.75) is 32.4 Å². The van der Waals surface area contributed by atoms with Crippen LogP contribution in [0, 0.1) is 11.7 Å². The van der Waals surface area contributed by atoms with E-state index < -0.39 is 0 Å². The van der Waals surface area contributed by atoms with Gasteiger partial charge in [-0.25, -0.2) is 4.39 Å². The molecule has 2 rings (SSSR count). The third kappa shape index (κ3) is 3.49. The van der Waals surface area contributed by atoms with Crippen LogP contribution in [0.25, 0.3) is 0 Å². The minimum atomic E-state index is -0.350. The minimum Gasteiger partial charge on any atom is -0.335 e. The predicted molar refractivity (Wildman–Crippen MR) is 78.1 cm³/mol. The second-order valence-electron chi connectivity index (χ2n) is 5.36. The van der Waals surface area contributed by atoms with Crippen molar-refractivity contribution in [2.75, 3.05) is 13.6 Å². The number of nitrogens with one attached hydrogen (secondary N) is 1. The first-order valence-electron chi connectivity index (χ1n) is 6.92. The molecule has 1 aliphatic carbocycles. The molecule has 0 aliphatic heterocycles. The first kappa shape index (κ1) is 15.3. The third-order valence-corrected chi connectivity index (χ3v) is 3.95. The van der Waals surface area contributed by atoms with Gasteiger partial charge in [0.25, 0.3) is 0 Å². The molecule has 5 heteroatoms. The van der Waals surface area contributed by atoms with Crippen LogP contribution in [0.15, 0.2) is 18.2 Å². The molecule has 1 amide bonds. The van der Waals surface area contributed by atoms with Gasteiger partial charge in [-0.05, 0) is 32.0 Å². The summed E-state index contributed by atoms with van der Waals surface area (Å²) in [5.41, 5.74) is 0.408. The third-order valence-electron chi connectivity index (χ3n) is 3.59. The molecule has 0 aromatic heterocycles. The summed E-state index contributed by atoms with van der Waals surface area (Å²) in [4.78, 5) is 14.2. The Morgan fingerprint density at radius 1 is 1.55 bits per heavy atom. The van der Waals surface area contributed by atoms with Crippen molar-refractivity contribution in [2.24, 2.45) is 5.92 Å². The molecule has 1 aromatic carbocycles. The highest BCUT2D eigenvalue weighted by Gasteiger charge is 2.35. The van der Waals surface area contributed by atoms with E-state index in [0.717, 1.165) is 12.8 Å². The lowest BCUT2D eigenvalue weighted by molar-refractivity contribution is -0.136. The highest BCUT2D eigenvalue weighted by molar-refractivity contribution is 6.31. The second-order valence-corrected chi connectivity index (χ2v) is 5.76. The van der Waals surface area contributed by atoms with Gasteiger partial charge in [-0.15, -0.1) is 0 Å². The SMILES string of the molecule is CNCC(C)C(=O)N(Cc1c(F)cccc1Cl)C1CC1. The number of benzene rings is 1. The number of nitrogens with zero attached hydrogens (tertiary/aromatic N) is 1. The fourth-order valence-electron chi connectivity index (χ4n) is 2.30. The fourth-order valence-corrected chi connectivity index (χ4v) is 2.53. The van der Waals surface area contributed by atoms with E-state index in [1.807, 2.05) is 14.0 Å². The fraction of sp³-hybridized carbons (Fsp3) is 0.533. The zero-order valence-electron chi connectivity index (χ0n) is 11.8. The Kier molecular flexibility index (Phi) is 5.00. The maximum Gasteiger partial charge on any atom is 0.227 e. The molecule has 20 heavy (non-hydrogen) atoms. The van der Waals surface area contributed by atoms with Crippen molar-refractivity contribution in [1.29, 1.82) is 0 Å². The van der Waals surface area contributed by atoms with E-state index in [9.17, 15) is 9.18 Å². The molecule has 1 atom stereocenters. The summed E-state index contributed by atoms with van der Waals surface area (Å²) in [5.74, 6) is -0.412. The Morgan fingerprint density at radius 3 is 2.80 bits per heavy atom. The monoisotopic (exact) mass is 298 g/mol. The van der Waals surface area contributed by atoms with Crippen LogP contribution >= 0.6 is 11.6 Å². The summed E-state index contributed by atoms with van der Waals surface area (Å²) in [7, 11) is 1.82. The van der Waals surface area contributed by atoms with Gasteiger partial charge in [0.1, 0.15) is 5.82 Å². The van der Waals surface area contributed by atoms with Crippen molar-refractivity contribution in [3.63, 3.8) is 0 Å². The first-order valence-corrected chi connectivity index (χ1v) is 7.30. The number of halogens is 2. The summed E-state index contributed by atoms with van der Waals surface area (Å²) in [6.45, 7) is 2.76. The largest absolute Gasteiger partial charge is 0.335 e. The molecule has 1 unspecified atom stereocenters. The van der Waals surface area contributed by atoms with Crippen LogP contribution < -0.4 is 5.32 Å². The molecule has 0 spiro atoms. The Hall–Kier alpha value is -1.13. The van der Waals surface area contributed by atoms with Gasteiger partial charge in [0.15, 0.2) is 0 Å². The van der Waals surface area contributed by atoms with Crippen LogP contribution in [0.2, 0.25) is 5.02 Å². The average Bonchev–Trinajstić information content (AvgIpc) is 3.22. The van der Waals surface area contributed by atoms with Gasteiger partial charge in [-0.3, -0.25) is 4.79 Å². The predicted octanol–water partition coefficient (Wildman–Crippen LogP) is 2.83. The normalized spacial score (nSPS) is 16.0. The van der Waals surface area contributed by atoms with Gasteiger partial charge in [0.2, 0.25) is 5.91 Å². The van der Waals surface area contributed by atoms with E-state index in [1.165, 1.54) is 6.07 Å². The Morgan fingerprint density at radius 2 is 2.25 bits per heavy atom. The van der Waals surface area contributed by atoms with Crippen molar-refractivity contribution in [3.05, 3.63) is 34.6 Å². The van der Waals surface area contributed by atoms with Gasteiger partial charge < -0.3 is 10.2 Å². The van der Waals surface area contributed by atoms with Gasteiger partial charge in [-0.2, -0.15) is 0 Å².